The number of aromatic nitrogens is 3. The molecule has 4 rings (SSSR count). The van der Waals surface area contributed by atoms with Crippen LogP contribution >= 0.6 is 11.8 Å². The number of nitrogens with one attached hydrogen (secondary N) is 1. The van der Waals surface area contributed by atoms with Crippen molar-refractivity contribution in [2.45, 2.75) is 18.2 Å². The molecule has 7 nitrogen and oxygen atoms in total. The van der Waals surface area contributed by atoms with Crippen LogP contribution in [0.5, 0.6) is 0 Å². The summed E-state index contributed by atoms with van der Waals surface area (Å²) < 4.78 is 7.49. The Labute approximate surface area is 180 Å². The van der Waals surface area contributed by atoms with Crippen molar-refractivity contribution in [2.24, 2.45) is 0 Å². The molecule has 0 atom stereocenters. The maximum Gasteiger partial charge on any atom is 0.230 e. The van der Waals surface area contributed by atoms with Gasteiger partial charge in [-0.1, -0.05) is 60.3 Å². The Kier molecular flexibility index (Phi) is 7.12. The molecule has 0 spiro atoms. The molecule has 156 valence electrons. The van der Waals surface area contributed by atoms with E-state index in [0.717, 1.165) is 48.5 Å². The van der Waals surface area contributed by atoms with E-state index in [4.69, 9.17) is 4.74 Å². The third-order valence-electron chi connectivity index (χ3n) is 4.85. The van der Waals surface area contributed by atoms with E-state index < -0.39 is 0 Å². The molecule has 1 N–H and O–H groups in total. The SMILES string of the molecule is O=C(CSc1nnc(CN2CCOCC2)n1-c1ccccc1)NCc1ccccc1. The summed E-state index contributed by atoms with van der Waals surface area (Å²) in [5.41, 5.74) is 2.08. The van der Waals surface area contributed by atoms with Crippen molar-refractivity contribution in [3.8, 4) is 5.69 Å². The number of ether oxygens (including phenoxy) is 1. The van der Waals surface area contributed by atoms with Gasteiger partial charge in [0, 0.05) is 25.3 Å². The van der Waals surface area contributed by atoms with Crippen LogP contribution in [-0.4, -0.2) is 57.6 Å². The average molecular weight is 424 g/mol. The predicted molar refractivity (Wildman–Crippen MR) is 116 cm³/mol. The maximum absolute atomic E-state index is 12.3. The van der Waals surface area contributed by atoms with Crippen molar-refractivity contribution in [3.05, 3.63) is 72.1 Å². The molecule has 0 unspecified atom stereocenters. The molecule has 8 heteroatoms. The second-order valence-corrected chi connectivity index (χ2v) is 7.95. The van der Waals surface area contributed by atoms with Gasteiger partial charge in [0.15, 0.2) is 11.0 Å². The van der Waals surface area contributed by atoms with Crippen LogP contribution in [-0.2, 0) is 22.6 Å². The molecule has 1 aliphatic rings. The van der Waals surface area contributed by atoms with E-state index in [-0.39, 0.29) is 11.7 Å². The fourth-order valence-electron chi connectivity index (χ4n) is 3.27. The molecule has 1 amide bonds. The van der Waals surface area contributed by atoms with Gasteiger partial charge in [-0.15, -0.1) is 10.2 Å². The number of carbonyl (C=O) groups is 1. The number of morpholine rings is 1. The van der Waals surface area contributed by atoms with Gasteiger partial charge in [-0.05, 0) is 17.7 Å². The van der Waals surface area contributed by atoms with Crippen LogP contribution in [0.1, 0.15) is 11.4 Å². The first-order chi connectivity index (χ1) is 14.8. The van der Waals surface area contributed by atoms with Gasteiger partial charge in [-0.2, -0.15) is 0 Å². The van der Waals surface area contributed by atoms with E-state index in [9.17, 15) is 4.79 Å². The molecule has 2 aromatic carbocycles. The van der Waals surface area contributed by atoms with E-state index in [0.29, 0.717) is 13.1 Å². The highest BCUT2D eigenvalue weighted by molar-refractivity contribution is 7.99. The van der Waals surface area contributed by atoms with Gasteiger partial charge in [0.2, 0.25) is 5.91 Å². The number of nitrogens with zero attached hydrogens (tertiary/aromatic N) is 4. The normalized spacial score (nSPS) is 14.5. The second-order valence-electron chi connectivity index (χ2n) is 7.01. The number of para-hydroxylation sites is 1. The van der Waals surface area contributed by atoms with Crippen LogP contribution in [0.15, 0.2) is 65.8 Å². The molecule has 3 aromatic rings. The largest absolute Gasteiger partial charge is 0.379 e. The van der Waals surface area contributed by atoms with Gasteiger partial charge in [0.1, 0.15) is 0 Å². The van der Waals surface area contributed by atoms with Gasteiger partial charge in [0.05, 0.1) is 25.5 Å². The van der Waals surface area contributed by atoms with Crippen molar-refractivity contribution in [3.63, 3.8) is 0 Å². The smallest absolute Gasteiger partial charge is 0.230 e. The number of hydrogen-bond donors (Lipinski definition) is 1. The summed E-state index contributed by atoms with van der Waals surface area (Å²) in [6.45, 7) is 4.46. The predicted octanol–water partition coefficient (Wildman–Crippen LogP) is 2.51. The third-order valence-corrected chi connectivity index (χ3v) is 5.78. The molecule has 0 aliphatic carbocycles. The minimum Gasteiger partial charge on any atom is -0.379 e. The Balaban J connectivity index is 1.43. The first kappa shape index (κ1) is 20.6. The Morgan fingerprint density at radius 3 is 2.43 bits per heavy atom. The Hall–Kier alpha value is -2.68. The van der Waals surface area contributed by atoms with Gasteiger partial charge >= 0.3 is 0 Å². The summed E-state index contributed by atoms with van der Waals surface area (Å²) in [5.74, 6) is 1.13. The topological polar surface area (TPSA) is 72.3 Å². The number of rotatable bonds is 8. The molecule has 0 saturated carbocycles. The minimum atomic E-state index is -0.0267. The average Bonchev–Trinajstić information content (AvgIpc) is 3.20. The standard InChI is InChI=1S/C22H25N5O2S/c28-21(23-15-18-7-3-1-4-8-18)17-30-22-25-24-20(16-26-11-13-29-14-12-26)27(22)19-9-5-2-6-10-19/h1-10H,11-17H2,(H,23,28). The van der Waals surface area contributed by atoms with Gasteiger partial charge < -0.3 is 10.1 Å². The van der Waals surface area contributed by atoms with Crippen LogP contribution in [0, 0.1) is 0 Å². The van der Waals surface area contributed by atoms with Gasteiger partial charge in [-0.3, -0.25) is 14.3 Å². The quantitative estimate of drug-likeness (QED) is 0.562. The summed E-state index contributed by atoms with van der Waals surface area (Å²) in [6, 6.07) is 19.9. The van der Waals surface area contributed by atoms with E-state index >= 15 is 0 Å². The summed E-state index contributed by atoms with van der Waals surface area (Å²) in [4.78, 5) is 14.7. The lowest BCUT2D eigenvalue weighted by Gasteiger charge is -2.26. The monoisotopic (exact) mass is 423 g/mol. The van der Waals surface area contributed by atoms with E-state index in [1.165, 1.54) is 11.8 Å². The molecule has 1 saturated heterocycles. The Bertz CT molecular complexity index is 943. The zero-order chi connectivity index (χ0) is 20.6. The molecule has 1 fully saturated rings. The van der Waals surface area contributed by atoms with Crippen molar-refractivity contribution in [2.75, 3.05) is 32.1 Å². The molecular formula is C22H25N5O2S. The number of benzene rings is 2. The number of thioether (sulfide) groups is 1. The van der Waals surface area contributed by atoms with Crippen LogP contribution in [0.2, 0.25) is 0 Å². The summed E-state index contributed by atoms with van der Waals surface area (Å²) in [5, 5.41) is 12.5. The third kappa shape index (κ3) is 5.47. The molecule has 0 radical (unpaired) electrons. The number of hydrogen-bond acceptors (Lipinski definition) is 6. The van der Waals surface area contributed by atoms with Crippen molar-refractivity contribution in [1.82, 2.24) is 25.0 Å². The van der Waals surface area contributed by atoms with Crippen molar-refractivity contribution < 1.29 is 9.53 Å². The second kappa shape index (κ2) is 10.4. The first-order valence-electron chi connectivity index (χ1n) is 10.0. The maximum atomic E-state index is 12.3. The van der Waals surface area contributed by atoms with Crippen LogP contribution in [0.3, 0.4) is 0 Å². The van der Waals surface area contributed by atoms with Crippen LogP contribution in [0.4, 0.5) is 0 Å². The highest BCUT2D eigenvalue weighted by atomic mass is 32.2. The highest BCUT2D eigenvalue weighted by Gasteiger charge is 2.19. The number of carbonyl (C=O) groups excluding carboxylic acids is 1. The lowest BCUT2D eigenvalue weighted by molar-refractivity contribution is -0.118. The molecule has 2 heterocycles. The van der Waals surface area contributed by atoms with Crippen molar-refractivity contribution >= 4 is 17.7 Å². The zero-order valence-corrected chi connectivity index (χ0v) is 17.6. The lowest BCUT2D eigenvalue weighted by atomic mass is 10.2. The summed E-state index contributed by atoms with van der Waals surface area (Å²) >= 11 is 1.40. The Morgan fingerprint density at radius 2 is 1.70 bits per heavy atom. The van der Waals surface area contributed by atoms with Crippen LogP contribution in [0.25, 0.3) is 5.69 Å². The lowest BCUT2D eigenvalue weighted by Crippen LogP contribution is -2.36. The van der Waals surface area contributed by atoms with E-state index in [1.54, 1.807) is 0 Å². The molecule has 30 heavy (non-hydrogen) atoms. The fourth-order valence-corrected chi connectivity index (χ4v) is 4.07. The molecule has 1 aliphatic heterocycles. The highest BCUT2D eigenvalue weighted by Crippen LogP contribution is 2.23. The number of amides is 1. The van der Waals surface area contributed by atoms with Crippen LogP contribution < -0.4 is 5.32 Å². The van der Waals surface area contributed by atoms with Gasteiger partial charge in [-0.25, -0.2) is 0 Å². The van der Waals surface area contributed by atoms with Crippen molar-refractivity contribution in [1.29, 1.82) is 0 Å². The Morgan fingerprint density at radius 1 is 1.00 bits per heavy atom. The summed E-state index contributed by atoms with van der Waals surface area (Å²) in [6.07, 6.45) is 0. The van der Waals surface area contributed by atoms with E-state index in [1.807, 2.05) is 65.2 Å². The van der Waals surface area contributed by atoms with Gasteiger partial charge in [0.25, 0.3) is 0 Å². The minimum absolute atomic E-state index is 0.0267. The zero-order valence-electron chi connectivity index (χ0n) is 16.7. The molecular weight excluding hydrogens is 398 g/mol. The van der Waals surface area contributed by atoms with E-state index in [2.05, 4.69) is 20.4 Å². The first-order valence-corrected chi connectivity index (χ1v) is 11.0. The summed E-state index contributed by atoms with van der Waals surface area (Å²) in [7, 11) is 0. The molecule has 0 bridgehead atoms. The fraction of sp³-hybridized carbons (Fsp3) is 0.318. The molecule has 1 aromatic heterocycles.